The normalized spacial score (nSPS) is 22.5. The first kappa shape index (κ1) is 37.0. The van der Waals surface area contributed by atoms with Gasteiger partial charge in [-0.3, -0.25) is 14.3 Å². The molecule has 4 aliphatic rings. The molecule has 1 aromatic heterocycles. The quantitative estimate of drug-likeness (QED) is 0.334. The fourth-order valence-corrected chi connectivity index (χ4v) is 8.84. The maximum absolute atomic E-state index is 14.0. The van der Waals surface area contributed by atoms with Crippen molar-refractivity contribution in [2.45, 2.75) is 115 Å². The van der Waals surface area contributed by atoms with Crippen LogP contribution in [0.4, 0.5) is 15.3 Å². The standard InChI is InChI=1S/C38H55N7O5S.2H2/c1-37(2,3)17-24-44-33(47)31(51-34(44)30-16-23-45(40-30)28-14-20-42(21-15-28)36(49)50-38(4,5)6)25-32(46)41-18-12-27(13-19-41)43-22-11-26-9-7-8-10-29(26)39-35(43)48;;/h7-10,16,23,27-28,31,34H,11-15,17-22,24-25H2,1-6H3,(H,39,48);2*1H/t31-,34?;;/m0../s1. The van der Waals surface area contributed by atoms with E-state index in [-0.39, 0.29) is 56.1 Å². The van der Waals surface area contributed by atoms with Crippen molar-refractivity contribution in [3.63, 3.8) is 0 Å². The molecule has 0 bridgehead atoms. The molecule has 0 spiro atoms. The number of piperidine rings is 2. The van der Waals surface area contributed by atoms with Gasteiger partial charge in [-0.2, -0.15) is 5.10 Å². The lowest BCUT2D eigenvalue weighted by molar-refractivity contribution is -0.137. The second-order valence-corrected chi connectivity index (χ2v) is 17.9. The molecule has 4 aliphatic heterocycles. The minimum absolute atomic E-state index is 0. The Balaban J connectivity index is 0.00000314. The number of carbonyl (C=O) groups excluding carboxylic acids is 4. The van der Waals surface area contributed by atoms with Crippen LogP contribution in [0.25, 0.3) is 0 Å². The Hall–Kier alpha value is -3.74. The monoisotopic (exact) mass is 725 g/mol. The van der Waals surface area contributed by atoms with Gasteiger partial charge in [-0.15, -0.1) is 11.8 Å². The van der Waals surface area contributed by atoms with E-state index in [2.05, 4.69) is 32.2 Å². The first-order valence-corrected chi connectivity index (χ1v) is 19.5. The molecule has 3 saturated heterocycles. The van der Waals surface area contributed by atoms with E-state index in [0.29, 0.717) is 39.3 Å². The number of rotatable bonds is 7. The molecule has 5 amide bonds. The van der Waals surface area contributed by atoms with E-state index in [1.165, 1.54) is 11.8 Å². The molecule has 51 heavy (non-hydrogen) atoms. The van der Waals surface area contributed by atoms with Crippen molar-refractivity contribution in [2.24, 2.45) is 5.41 Å². The Morgan fingerprint density at radius 1 is 0.922 bits per heavy atom. The Kier molecular flexibility index (Phi) is 11.0. The van der Waals surface area contributed by atoms with Crippen LogP contribution in [0.5, 0.6) is 0 Å². The molecular formula is C38H59N7O5S. The molecule has 0 radical (unpaired) electrons. The van der Waals surface area contributed by atoms with E-state index < -0.39 is 10.9 Å². The van der Waals surface area contributed by atoms with Gasteiger partial charge in [-0.1, -0.05) is 39.0 Å². The summed E-state index contributed by atoms with van der Waals surface area (Å²) in [5.41, 5.74) is 2.35. The highest BCUT2D eigenvalue weighted by Crippen LogP contribution is 2.45. The van der Waals surface area contributed by atoms with Gasteiger partial charge in [0.15, 0.2) is 0 Å². The number of amides is 5. The third kappa shape index (κ3) is 9.02. The van der Waals surface area contributed by atoms with E-state index in [9.17, 15) is 19.2 Å². The second-order valence-electron chi connectivity index (χ2n) is 16.6. The predicted molar refractivity (Wildman–Crippen MR) is 203 cm³/mol. The third-order valence-electron chi connectivity index (χ3n) is 10.4. The molecule has 13 heteroatoms. The predicted octanol–water partition coefficient (Wildman–Crippen LogP) is 6.80. The van der Waals surface area contributed by atoms with Gasteiger partial charge < -0.3 is 29.7 Å². The minimum Gasteiger partial charge on any atom is -0.444 e. The highest BCUT2D eigenvalue weighted by atomic mass is 32.2. The van der Waals surface area contributed by atoms with Crippen molar-refractivity contribution < 1.29 is 26.8 Å². The topological polar surface area (TPSA) is 120 Å². The van der Waals surface area contributed by atoms with Crippen LogP contribution < -0.4 is 5.32 Å². The molecule has 6 rings (SSSR count). The van der Waals surface area contributed by atoms with Crippen LogP contribution >= 0.6 is 11.8 Å². The fraction of sp³-hybridized carbons (Fsp3) is 0.658. The molecule has 0 aliphatic carbocycles. The zero-order valence-electron chi connectivity index (χ0n) is 31.1. The largest absolute Gasteiger partial charge is 0.444 e. The second kappa shape index (κ2) is 15.1. The van der Waals surface area contributed by atoms with Crippen molar-refractivity contribution in [3.05, 3.63) is 47.8 Å². The Labute approximate surface area is 309 Å². The number of hydrogen-bond donors (Lipinski definition) is 1. The Bertz CT molecular complexity index is 1600. The third-order valence-corrected chi connectivity index (χ3v) is 11.8. The summed E-state index contributed by atoms with van der Waals surface area (Å²) in [6, 6.07) is 10.1. The zero-order valence-corrected chi connectivity index (χ0v) is 31.9. The van der Waals surface area contributed by atoms with Crippen LogP contribution in [0, 0.1) is 5.41 Å². The summed E-state index contributed by atoms with van der Waals surface area (Å²) in [6.45, 7) is 15.7. The lowest BCUT2D eigenvalue weighted by Gasteiger charge is -2.38. The molecule has 1 unspecified atom stereocenters. The van der Waals surface area contributed by atoms with Crippen molar-refractivity contribution in [1.29, 1.82) is 0 Å². The van der Waals surface area contributed by atoms with Crippen LogP contribution in [0.15, 0.2) is 36.5 Å². The van der Waals surface area contributed by atoms with Gasteiger partial charge >= 0.3 is 12.1 Å². The van der Waals surface area contributed by atoms with Crippen LogP contribution in [-0.4, -0.2) is 109 Å². The van der Waals surface area contributed by atoms with E-state index >= 15 is 0 Å². The van der Waals surface area contributed by atoms with E-state index in [1.54, 1.807) is 4.90 Å². The number of fused-ring (bicyclic) bond motifs is 1. The number of para-hydroxylation sites is 1. The van der Waals surface area contributed by atoms with Gasteiger partial charge in [0, 0.05) is 66.5 Å². The number of ether oxygens (including phenoxy) is 1. The SMILES string of the molecule is CC(C)(C)CCN1C(=O)[C@H](CC(=O)N2CCC(N3CCc4ccccc4NC3=O)CC2)SC1c1ccn(C2CCN(C(=O)OC(C)(C)C)CC2)n1.[HH].[HH]. The number of thioether (sulfide) groups is 1. The molecule has 2 aromatic rings. The number of carbonyl (C=O) groups is 4. The number of hydrogen-bond acceptors (Lipinski definition) is 7. The minimum atomic E-state index is -0.528. The van der Waals surface area contributed by atoms with E-state index in [1.807, 2.05) is 70.6 Å². The van der Waals surface area contributed by atoms with Crippen LogP contribution in [-0.2, 0) is 20.7 Å². The molecule has 1 aromatic carbocycles. The van der Waals surface area contributed by atoms with Crippen LogP contribution in [0.3, 0.4) is 0 Å². The summed E-state index contributed by atoms with van der Waals surface area (Å²) in [7, 11) is 0. The highest BCUT2D eigenvalue weighted by Gasteiger charge is 2.44. The summed E-state index contributed by atoms with van der Waals surface area (Å²) < 4.78 is 7.55. The number of benzene rings is 1. The van der Waals surface area contributed by atoms with Crippen LogP contribution in [0.2, 0.25) is 0 Å². The zero-order chi connectivity index (χ0) is 36.5. The molecule has 2 atom stereocenters. The highest BCUT2D eigenvalue weighted by molar-refractivity contribution is 8.01. The smallest absolute Gasteiger partial charge is 0.410 e. The first-order valence-electron chi connectivity index (χ1n) is 18.6. The van der Waals surface area contributed by atoms with E-state index in [0.717, 1.165) is 55.5 Å². The lowest BCUT2D eigenvalue weighted by atomic mass is 9.92. The molecule has 3 fully saturated rings. The number of anilines is 1. The number of urea groups is 1. The summed E-state index contributed by atoms with van der Waals surface area (Å²) in [5, 5.41) is 7.32. The van der Waals surface area contributed by atoms with Gasteiger partial charge in [-0.25, -0.2) is 9.59 Å². The molecule has 1 N–H and O–H groups in total. The van der Waals surface area contributed by atoms with Gasteiger partial charge in [0.05, 0.1) is 17.0 Å². The molecule has 5 heterocycles. The molecule has 12 nitrogen and oxygen atoms in total. The maximum atomic E-state index is 14.0. The Morgan fingerprint density at radius 2 is 1.59 bits per heavy atom. The summed E-state index contributed by atoms with van der Waals surface area (Å²) in [6.07, 6.45) is 6.48. The number of nitrogens with zero attached hydrogens (tertiary/aromatic N) is 6. The number of likely N-dealkylation sites (tertiary alicyclic amines) is 2. The van der Waals surface area contributed by atoms with Crippen molar-refractivity contribution in [1.82, 2.24) is 29.4 Å². The van der Waals surface area contributed by atoms with Crippen molar-refractivity contribution in [2.75, 3.05) is 44.6 Å². The number of aromatic nitrogens is 2. The first-order chi connectivity index (χ1) is 24.1. The molecule has 282 valence electrons. The molecule has 0 saturated carbocycles. The molecular weight excluding hydrogens is 667 g/mol. The number of nitrogens with one attached hydrogen (secondary N) is 1. The maximum Gasteiger partial charge on any atom is 0.410 e. The van der Waals surface area contributed by atoms with E-state index in [4.69, 9.17) is 9.84 Å². The average Bonchev–Trinajstić information content (AvgIpc) is 3.63. The van der Waals surface area contributed by atoms with Gasteiger partial charge in [0.1, 0.15) is 11.0 Å². The lowest BCUT2D eigenvalue weighted by Crippen LogP contribution is -2.50. The van der Waals surface area contributed by atoms with Gasteiger partial charge in [0.2, 0.25) is 11.8 Å². The summed E-state index contributed by atoms with van der Waals surface area (Å²) >= 11 is 1.53. The average molecular weight is 726 g/mol. The summed E-state index contributed by atoms with van der Waals surface area (Å²) in [5.74, 6) is -0.00997. The van der Waals surface area contributed by atoms with Gasteiger partial charge in [-0.05, 0) is 82.4 Å². The fourth-order valence-electron chi connectivity index (χ4n) is 7.42. The van der Waals surface area contributed by atoms with Crippen molar-refractivity contribution >= 4 is 41.4 Å². The Morgan fingerprint density at radius 3 is 2.27 bits per heavy atom. The van der Waals surface area contributed by atoms with Crippen molar-refractivity contribution in [3.8, 4) is 0 Å². The van der Waals surface area contributed by atoms with Crippen LogP contribution in [0.1, 0.15) is 106 Å². The van der Waals surface area contributed by atoms with Gasteiger partial charge in [0.25, 0.3) is 0 Å². The summed E-state index contributed by atoms with van der Waals surface area (Å²) in [4.78, 5) is 60.8.